The summed E-state index contributed by atoms with van der Waals surface area (Å²) < 4.78 is 32.2. The Morgan fingerprint density at radius 3 is 2.47 bits per heavy atom. The number of hydrogen-bond donors (Lipinski definition) is 0. The van der Waals surface area contributed by atoms with Crippen molar-refractivity contribution in [1.82, 2.24) is 14.7 Å². The maximum Gasteiger partial charge on any atom is 0.239 e. The van der Waals surface area contributed by atoms with Gasteiger partial charge in [-0.15, -0.1) is 0 Å². The molecule has 1 atom stereocenters. The number of nitrogens with zero attached hydrogens (tertiary/aromatic N) is 3. The highest BCUT2D eigenvalue weighted by Gasteiger charge is 2.27. The number of likely N-dealkylation sites (N-methyl/N-ethyl adjacent to an activating group) is 1. The molecule has 0 unspecified atom stereocenters. The van der Waals surface area contributed by atoms with Crippen LogP contribution in [0.25, 0.3) is 0 Å². The number of piperazine rings is 1. The number of methoxy groups -OCH3 is 1. The number of hydrogen-bond acceptors (Lipinski definition) is 4. The lowest BCUT2D eigenvalue weighted by Crippen LogP contribution is -2.53. The van der Waals surface area contributed by atoms with Crippen LogP contribution in [0.15, 0.2) is 42.5 Å². The van der Waals surface area contributed by atoms with Crippen LogP contribution in [-0.4, -0.2) is 67.0 Å². The van der Waals surface area contributed by atoms with Crippen LogP contribution in [0.2, 0.25) is 0 Å². The maximum absolute atomic E-state index is 13.9. The standard InChI is InChI=1S/C23H29F2N3O2/c1-17(23(29)26(2)15-18-5-4-6-20(24)13-18)28-11-9-27(10-12-28)16-19-7-8-22(30-3)21(25)14-19/h4-8,13-14,17H,9-12,15-16H2,1-3H3/t17-/m1/s1. The molecule has 0 N–H and O–H groups in total. The van der Waals surface area contributed by atoms with E-state index >= 15 is 0 Å². The fourth-order valence-electron chi connectivity index (χ4n) is 3.84. The molecule has 1 aliphatic heterocycles. The second-order valence-electron chi connectivity index (χ2n) is 7.78. The van der Waals surface area contributed by atoms with E-state index in [0.29, 0.717) is 13.1 Å². The highest BCUT2D eigenvalue weighted by Crippen LogP contribution is 2.19. The Balaban J connectivity index is 1.50. The molecular weight excluding hydrogens is 388 g/mol. The molecule has 3 rings (SSSR count). The highest BCUT2D eigenvalue weighted by atomic mass is 19.1. The van der Waals surface area contributed by atoms with Gasteiger partial charge >= 0.3 is 0 Å². The van der Waals surface area contributed by atoms with Crippen LogP contribution < -0.4 is 4.74 Å². The smallest absolute Gasteiger partial charge is 0.239 e. The second kappa shape index (κ2) is 10.00. The highest BCUT2D eigenvalue weighted by molar-refractivity contribution is 5.81. The summed E-state index contributed by atoms with van der Waals surface area (Å²) in [6.45, 7) is 6.09. The third-order valence-corrected chi connectivity index (χ3v) is 5.62. The van der Waals surface area contributed by atoms with E-state index in [-0.39, 0.29) is 29.3 Å². The van der Waals surface area contributed by atoms with E-state index in [1.165, 1.54) is 25.3 Å². The molecule has 1 heterocycles. The van der Waals surface area contributed by atoms with Gasteiger partial charge < -0.3 is 9.64 Å². The van der Waals surface area contributed by atoms with Crippen molar-refractivity contribution in [3.8, 4) is 5.75 Å². The number of rotatable bonds is 7. The topological polar surface area (TPSA) is 36.0 Å². The SMILES string of the molecule is COc1ccc(CN2CCN([C@H](C)C(=O)N(C)Cc3cccc(F)c3)CC2)cc1F. The van der Waals surface area contributed by atoms with Crippen LogP contribution in [0.4, 0.5) is 8.78 Å². The first-order valence-electron chi connectivity index (χ1n) is 10.2. The van der Waals surface area contributed by atoms with Gasteiger partial charge in [-0.2, -0.15) is 0 Å². The molecule has 1 saturated heterocycles. The molecule has 0 radical (unpaired) electrons. The first-order chi connectivity index (χ1) is 14.4. The van der Waals surface area contributed by atoms with Gasteiger partial charge in [-0.05, 0) is 42.3 Å². The van der Waals surface area contributed by atoms with Crippen molar-refractivity contribution in [3.63, 3.8) is 0 Å². The minimum absolute atomic E-state index is 0.0185. The largest absolute Gasteiger partial charge is 0.494 e. The average Bonchev–Trinajstić information content (AvgIpc) is 2.73. The lowest BCUT2D eigenvalue weighted by molar-refractivity contribution is -0.136. The quantitative estimate of drug-likeness (QED) is 0.694. The first-order valence-corrected chi connectivity index (χ1v) is 10.2. The van der Waals surface area contributed by atoms with Crippen molar-refractivity contribution < 1.29 is 18.3 Å². The van der Waals surface area contributed by atoms with Gasteiger partial charge in [-0.25, -0.2) is 8.78 Å². The Morgan fingerprint density at radius 1 is 1.10 bits per heavy atom. The van der Waals surface area contributed by atoms with Gasteiger partial charge in [0, 0.05) is 46.3 Å². The molecule has 1 fully saturated rings. The van der Waals surface area contributed by atoms with Crippen molar-refractivity contribution in [2.24, 2.45) is 0 Å². The van der Waals surface area contributed by atoms with Crippen LogP contribution in [0.1, 0.15) is 18.1 Å². The fraction of sp³-hybridized carbons (Fsp3) is 0.435. The zero-order valence-electron chi connectivity index (χ0n) is 17.8. The van der Waals surface area contributed by atoms with Crippen LogP contribution in [-0.2, 0) is 17.9 Å². The molecule has 0 saturated carbocycles. The van der Waals surface area contributed by atoms with Gasteiger partial charge in [0.25, 0.3) is 0 Å². The molecule has 0 spiro atoms. The predicted molar refractivity (Wildman–Crippen MR) is 112 cm³/mol. The number of carbonyl (C=O) groups is 1. The summed E-state index contributed by atoms with van der Waals surface area (Å²) in [5, 5.41) is 0. The van der Waals surface area contributed by atoms with Crippen LogP contribution in [0.5, 0.6) is 5.75 Å². The van der Waals surface area contributed by atoms with Gasteiger partial charge in [-0.1, -0.05) is 18.2 Å². The molecule has 30 heavy (non-hydrogen) atoms. The van der Waals surface area contributed by atoms with Gasteiger partial charge in [0.05, 0.1) is 13.2 Å². The van der Waals surface area contributed by atoms with E-state index in [0.717, 1.165) is 37.3 Å². The van der Waals surface area contributed by atoms with Crippen LogP contribution >= 0.6 is 0 Å². The molecule has 1 aliphatic rings. The minimum atomic E-state index is -0.353. The molecule has 1 amide bonds. The molecule has 5 nitrogen and oxygen atoms in total. The number of amides is 1. The van der Waals surface area contributed by atoms with Gasteiger partial charge in [-0.3, -0.25) is 14.6 Å². The van der Waals surface area contributed by atoms with Crippen molar-refractivity contribution in [2.45, 2.75) is 26.1 Å². The lowest BCUT2D eigenvalue weighted by atomic mass is 10.1. The number of benzene rings is 2. The molecule has 0 aromatic heterocycles. The molecule has 162 valence electrons. The second-order valence-corrected chi connectivity index (χ2v) is 7.78. The van der Waals surface area contributed by atoms with Gasteiger partial charge in [0.15, 0.2) is 11.6 Å². The Labute approximate surface area is 176 Å². The van der Waals surface area contributed by atoms with Crippen molar-refractivity contribution >= 4 is 5.91 Å². The third kappa shape index (κ3) is 5.55. The number of ether oxygens (including phenoxy) is 1. The molecule has 0 aliphatic carbocycles. The summed E-state index contributed by atoms with van der Waals surface area (Å²) >= 11 is 0. The molecule has 7 heteroatoms. The van der Waals surface area contributed by atoms with Crippen molar-refractivity contribution in [2.75, 3.05) is 40.3 Å². The Kier molecular flexibility index (Phi) is 7.39. The van der Waals surface area contributed by atoms with E-state index < -0.39 is 0 Å². The summed E-state index contributed by atoms with van der Waals surface area (Å²) in [6, 6.07) is 11.1. The Hall–Kier alpha value is -2.51. The number of halogens is 2. The fourth-order valence-corrected chi connectivity index (χ4v) is 3.84. The summed E-state index contributed by atoms with van der Waals surface area (Å²) in [5.74, 6) is -0.383. The minimum Gasteiger partial charge on any atom is -0.494 e. The van der Waals surface area contributed by atoms with Crippen molar-refractivity contribution in [1.29, 1.82) is 0 Å². The summed E-state index contributed by atoms with van der Waals surface area (Å²) in [7, 11) is 3.20. The monoisotopic (exact) mass is 417 g/mol. The van der Waals surface area contributed by atoms with E-state index in [1.54, 1.807) is 24.1 Å². The Morgan fingerprint density at radius 2 is 1.83 bits per heavy atom. The molecule has 2 aromatic carbocycles. The molecular formula is C23H29F2N3O2. The van der Waals surface area contributed by atoms with Crippen LogP contribution in [0, 0.1) is 11.6 Å². The lowest BCUT2D eigenvalue weighted by Gasteiger charge is -2.38. The maximum atomic E-state index is 13.9. The average molecular weight is 418 g/mol. The van der Waals surface area contributed by atoms with E-state index in [9.17, 15) is 13.6 Å². The Bertz CT molecular complexity index is 869. The van der Waals surface area contributed by atoms with E-state index in [4.69, 9.17) is 4.74 Å². The zero-order chi connectivity index (χ0) is 21.7. The van der Waals surface area contributed by atoms with Crippen molar-refractivity contribution in [3.05, 3.63) is 65.2 Å². The third-order valence-electron chi connectivity index (χ3n) is 5.62. The first kappa shape index (κ1) is 22.2. The number of carbonyl (C=O) groups excluding carboxylic acids is 1. The van der Waals surface area contributed by atoms with Crippen LogP contribution in [0.3, 0.4) is 0 Å². The molecule has 0 bridgehead atoms. The summed E-state index contributed by atoms with van der Waals surface area (Å²) in [6.07, 6.45) is 0. The molecule has 2 aromatic rings. The summed E-state index contributed by atoms with van der Waals surface area (Å²) in [5.41, 5.74) is 1.68. The van der Waals surface area contributed by atoms with E-state index in [2.05, 4.69) is 9.80 Å². The predicted octanol–water partition coefficient (Wildman–Crippen LogP) is 3.14. The van der Waals surface area contributed by atoms with E-state index in [1.807, 2.05) is 19.1 Å². The van der Waals surface area contributed by atoms with Gasteiger partial charge in [0.2, 0.25) is 5.91 Å². The normalized spacial score (nSPS) is 16.3. The zero-order valence-corrected chi connectivity index (χ0v) is 17.8. The summed E-state index contributed by atoms with van der Waals surface area (Å²) in [4.78, 5) is 18.9. The van der Waals surface area contributed by atoms with Gasteiger partial charge in [0.1, 0.15) is 5.82 Å².